The topological polar surface area (TPSA) is 67.4 Å². The number of carbonyl (C=O) groups is 2. The summed E-state index contributed by atoms with van der Waals surface area (Å²) < 4.78 is 5.59. The van der Waals surface area contributed by atoms with E-state index in [2.05, 4.69) is 10.6 Å². The normalized spacial score (nSPS) is 11.9. The molecule has 1 unspecified atom stereocenters. The zero-order valence-corrected chi connectivity index (χ0v) is 17.1. The van der Waals surface area contributed by atoms with E-state index in [0.717, 1.165) is 22.3 Å². The highest BCUT2D eigenvalue weighted by molar-refractivity contribution is 5.79. The van der Waals surface area contributed by atoms with Crippen LogP contribution in [0.3, 0.4) is 0 Å². The Morgan fingerprint density at radius 1 is 0.964 bits per heavy atom. The molecular weight excluding hydrogens is 352 g/mol. The van der Waals surface area contributed by atoms with Gasteiger partial charge in [-0.25, -0.2) is 0 Å². The second-order valence-corrected chi connectivity index (χ2v) is 7.32. The fourth-order valence-electron chi connectivity index (χ4n) is 2.77. The van der Waals surface area contributed by atoms with Crippen LogP contribution in [0.25, 0.3) is 0 Å². The van der Waals surface area contributed by atoms with Crippen LogP contribution in [0.2, 0.25) is 0 Å². The number of benzene rings is 2. The number of rotatable bonds is 9. The first-order chi connectivity index (χ1) is 13.3. The number of nitrogens with one attached hydrogen (secondary N) is 2. The molecule has 2 amide bonds. The Bertz CT molecular complexity index is 767. The fraction of sp³-hybridized carbons (Fsp3) is 0.391. The minimum Gasteiger partial charge on any atom is -0.374 e. The summed E-state index contributed by atoms with van der Waals surface area (Å²) in [5, 5.41) is 5.79. The third-order valence-corrected chi connectivity index (χ3v) is 4.34. The molecule has 0 aromatic heterocycles. The Morgan fingerprint density at radius 3 is 2.14 bits per heavy atom. The van der Waals surface area contributed by atoms with Crippen molar-refractivity contribution in [3.63, 3.8) is 0 Å². The first-order valence-electron chi connectivity index (χ1n) is 9.63. The number of hydrogen-bond acceptors (Lipinski definition) is 3. The lowest BCUT2D eigenvalue weighted by Crippen LogP contribution is -2.32. The first-order valence-corrected chi connectivity index (χ1v) is 9.63. The lowest BCUT2D eigenvalue weighted by molar-refractivity contribution is -0.122. The largest absolute Gasteiger partial charge is 0.374 e. The third kappa shape index (κ3) is 7.53. The molecular formula is C23H30N2O3. The molecule has 0 heterocycles. The van der Waals surface area contributed by atoms with E-state index in [1.165, 1.54) is 6.92 Å². The average molecular weight is 383 g/mol. The molecule has 0 fully saturated rings. The molecule has 0 radical (unpaired) electrons. The van der Waals surface area contributed by atoms with Crippen LogP contribution in [0.4, 0.5) is 0 Å². The van der Waals surface area contributed by atoms with Crippen LogP contribution in [0.1, 0.15) is 55.5 Å². The van der Waals surface area contributed by atoms with Crippen molar-refractivity contribution < 1.29 is 14.3 Å². The zero-order chi connectivity index (χ0) is 20.5. The fourth-order valence-corrected chi connectivity index (χ4v) is 2.77. The van der Waals surface area contributed by atoms with Crippen molar-refractivity contribution in [2.45, 2.75) is 59.4 Å². The van der Waals surface area contributed by atoms with Crippen LogP contribution in [0, 0.1) is 6.92 Å². The van der Waals surface area contributed by atoms with Crippen LogP contribution in [-0.2, 0) is 27.5 Å². The first kappa shape index (κ1) is 21.6. The van der Waals surface area contributed by atoms with E-state index in [1.807, 2.05) is 69.3 Å². The molecule has 28 heavy (non-hydrogen) atoms. The molecule has 5 nitrogen and oxygen atoms in total. The van der Waals surface area contributed by atoms with Crippen molar-refractivity contribution >= 4 is 11.8 Å². The Labute approximate surface area is 167 Å². The maximum atomic E-state index is 12.4. The molecule has 5 heteroatoms. The van der Waals surface area contributed by atoms with E-state index in [9.17, 15) is 9.59 Å². The van der Waals surface area contributed by atoms with Crippen molar-refractivity contribution in [3.05, 3.63) is 70.8 Å². The van der Waals surface area contributed by atoms with Gasteiger partial charge in [0.05, 0.1) is 25.2 Å². The zero-order valence-electron chi connectivity index (χ0n) is 17.1. The summed E-state index contributed by atoms with van der Waals surface area (Å²) in [6.07, 6.45) is 0.396. The quantitative estimate of drug-likeness (QED) is 0.693. The minimum atomic E-state index is -0.339. The van der Waals surface area contributed by atoms with Crippen LogP contribution < -0.4 is 10.6 Å². The number of carbonyl (C=O) groups excluding carboxylic acids is 2. The number of aryl methyl sites for hydroxylation is 1. The van der Waals surface area contributed by atoms with Gasteiger partial charge in [0.2, 0.25) is 11.8 Å². The molecule has 0 aliphatic carbocycles. The van der Waals surface area contributed by atoms with Crippen molar-refractivity contribution in [2.75, 3.05) is 0 Å². The molecule has 0 spiro atoms. The molecule has 0 aliphatic heterocycles. The molecule has 150 valence electrons. The molecule has 0 saturated carbocycles. The van der Waals surface area contributed by atoms with Gasteiger partial charge in [0, 0.05) is 13.5 Å². The Morgan fingerprint density at radius 2 is 1.57 bits per heavy atom. The van der Waals surface area contributed by atoms with Gasteiger partial charge in [0.1, 0.15) is 0 Å². The van der Waals surface area contributed by atoms with Gasteiger partial charge in [-0.15, -0.1) is 0 Å². The van der Waals surface area contributed by atoms with Gasteiger partial charge >= 0.3 is 0 Å². The van der Waals surface area contributed by atoms with Crippen molar-refractivity contribution in [2.24, 2.45) is 0 Å². The van der Waals surface area contributed by atoms with E-state index in [1.54, 1.807) is 0 Å². The monoisotopic (exact) mass is 382 g/mol. The van der Waals surface area contributed by atoms with E-state index < -0.39 is 0 Å². The summed E-state index contributed by atoms with van der Waals surface area (Å²) in [5.41, 5.74) is 4.18. The van der Waals surface area contributed by atoms with Gasteiger partial charge < -0.3 is 15.4 Å². The molecule has 0 bridgehead atoms. The maximum absolute atomic E-state index is 12.4. The van der Waals surface area contributed by atoms with E-state index >= 15 is 0 Å². The standard InChI is InChI=1S/C23H30N2O3/c1-16(2)28-15-20-9-7-19(8-10-20)14-24-23(27)13-22(25-18(4)26)21-11-5-17(3)6-12-21/h5-12,16,22H,13-15H2,1-4H3,(H,24,27)(H,25,26). The van der Waals surface area contributed by atoms with E-state index in [4.69, 9.17) is 4.74 Å². The minimum absolute atomic E-state index is 0.105. The molecule has 2 aromatic carbocycles. The second kappa shape index (κ2) is 10.6. The van der Waals surface area contributed by atoms with Crippen LogP contribution in [0.15, 0.2) is 48.5 Å². The van der Waals surface area contributed by atoms with Gasteiger partial charge in [0.25, 0.3) is 0 Å². The van der Waals surface area contributed by atoms with Gasteiger partial charge in [-0.1, -0.05) is 54.1 Å². The predicted molar refractivity (Wildman–Crippen MR) is 111 cm³/mol. The average Bonchev–Trinajstić information content (AvgIpc) is 2.65. The van der Waals surface area contributed by atoms with E-state index in [0.29, 0.717) is 13.2 Å². The van der Waals surface area contributed by atoms with E-state index in [-0.39, 0.29) is 30.4 Å². The smallest absolute Gasteiger partial charge is 0.222 e. The summed E-state index contributed by atoms with van der Waals surface area (Å²) in [4.78, 5) is 23.9. The molecule has 0 aliphatic rings. The summed E-state index contributed by atoms with van der Waals surface area (Å²) in [6, 6.07) is 15.5. The summed E-state index contributed by atoms with van der Waals surface area (Å²) in [5.74, 6) is -0.260. The summed E-state index contributed by atoms with van der Waals surface area (Å²) >= 11 is 0. The Hall–Kier alpha value is -2.66. The lowest BCUT2D eigenvalue weighted by Gasteiger charge is -2.18. The number of ether oxygens (including phenoxy) is 1. The van der Waals surface area contributed by atoms with Crippen molar-refractivity contribution in [1.82, 2.24) is 10.6 Å². The third-order valence-electron chi connectivity index (χ3n) is 4.34. The Kier molecular flexibility index (Phi) is 8.20. The molecule has 2 rings (SSSR count). The highest BCUT2D eigenvalue weighted by atomic mass is 16.5. The van der Waals surface area contributed by atoms with Crippen LogP contribution >= 0.6 is 0 Å². The van der Waals surface area contributed by atoms with Crippen molar-refractivity contribution in [3.8, 4) is 0 Å². The van der Waals surface area contributed by atoms with Gasteiger partial charge in [0.15, 0.2) is 0 Å². The SMILES string of the molecule is CC(=O)NC(CC(=O)NCc1ccc(COC(C)C)cc1)c1ccc(C)cc1. The molecule has 2 N–H and O–H groups in total. The molecule has 0 saturated heterocycles. The maximum Gasteiger partial charge on any atom is 0.222 e. The second-order valence-electron chi connectivity index (χ2n) is 7.32. The van der Waals surface area contributed by atoms with Gasteiger partial charge in [-0.2, -0.15) is 0 Å². The Balaban J connectivity index is 1.89. The van der Waals surface area contributed by atoms with Crippen LogP contribution in [0.5, 0.6) is 0 Å². The van der Waals surface area contributed by atoms with Crippen molar-refractivity contribution in [1.29, 1.82) is 0 Å². The van der Waals surface area contributed by atoms with Crippen LogP contribution in [-0.4, -0.2) is 17.9 Å². The highest BCUT2D eigenvalue weighted by Crippen LogP contribution is 2.18. The number of amides is 2. The number of hydrogen-bond donors (Lipinski definition) is 2. The van der Waals surface area contributed by atoms with Gasteiger partial charge in [-0.3, -0.25) is 9.59 Å². The molecule has 2 aromatic rings. The lowest BCUT2D eigenvalue weighted by atomic mass is 10.0. The summed E-state index contributed by atoms with van der Waals surface area (Å²) in [7, 11) is 0. The predicted octanol–water partition coefficient (Wildman–Crippen LogP) is 3.80. The highest BCUT2D eigenvalue weighted by Gasteiger charge is 2.17. The van der Waals surface area contributed by atoms with Gasteiger partial charge in [-0.05, 0) is 37.5 Å². The molecule has 1 atom stereocenters. The summed E-state index contributed by atoms with van der Waals surface area (Å²) in [6.45, 7) is 8.52.